The second kappa shape index (κ2) is 5.19. The van der Waals surface area contributed by atoms with E-state index in [2.05, 4.69) is 10.3 Å². The monoisotopic (exact) mass is 236 g/mol. The molecule has 1 aliphatic carbocycles. The number of hydrogen-bond acceptors (Lipinski definition) is 4. The van der Waals surface area contributed by atoms with E-state index < -0.39 is 0 Å². The molecule has 4 nitrogen and oxygen atoms in total. The van der Waals surface area contributed by atoms with Crippen LogP contribution in [0.1, 0.15) is 43.3 Å². The van der Waals surface area contributed by atoms with E-state index >= 15 is 0 Å². The standard InChI is InChI=1S/C13H20N2O2/c1(6-14-11-3-4-11)2-13-15-8-12(17-13)10-5-7-16-9-10/h8,10-11,14H,1-7,9H2. The lowest BCUT2D eigenvalue weighted by atomic mass is 10.1. The van der Waals surface area contributed by atoms with Crippen molar-refractivity contribution in [1.29, 1.82) is 0 Å². The molecule has 0 bridgehead atoms. The van der Waals surface area contributed by atoms with E-state index in [1.54, 1.807) is 0 Å². The van der Waals surface area contributed by atoms with Crippen molar-refractivity contribution >= 4 is 0 Å². The molecule has 1 atom stereocenters. The number of hydrogen-bond donors (Lipinski definition) is 1. The summed E-state index contributed by atoms with van der Waals surface area (Å²) in [6, 6.07) is 0.797. The molecule has 2 aliphatic rings. The van der Waals surface area contributed by atoms with Gasteiger partial charge in [0, 0.05) is 25.0 Å². The molecule has 2 heterocycles. The maximum Gasteiger partial charge on any atom is 0.194 e. The van der Waals surface area contributed by atoms with Crippen molar-refractivity contribution in [2.45, 2.75) is 44.1 Å². The zero-order valence-electron chi connectivity index (χ0n) is 10.2. The Morgan fingerprint density at radius 3 is 3.06 bits per heavy atom. The van der Waals surface area contributed by atoms with Crippen molar-refractivity contribution in [2.24, 2.45) is 0 Å². The largest absolute Gasteiger partial charge is 0.445 e. The molecular formula is C13H20N2O2. The quantitative estimate of drug-likeness (QED) is 0.766. The average molecular weight is 236 g/mol. The Hall–Kier alpha value is -0.870. The molecule has 1 unspecified atom stereocenters. The molecule has 3 rings (SSSR count). The molecule has 17 heavy (non-hydrogen) atoms. The molecule has 1 saturated carbocycles. The number of rotatable bonds is 6. The molecule has 1 N–H and O–H groups in total. The maximum absolute atomic E-state index is 5.77. The Bertz CT molecular complexity index is 354. The van der Waals surface area contributed by atoms with E-state index in [4.69, 9.17) is 9.15 Å². The fourth-order valence-corrected chi connectivity index (χ4v) is 2.22. The lowest BCUT2D eigenvalue weighted by molar-refractivity contribution is 0.191. The highest BCUT2D eigenvalue weighted by molar-refractivity contribution is 5.03. The number of oxazole rings is 1. The highest BCUT2D eigenvalue weighted by Crippen LogP contribution is 2.25. The molecule has 1 aromatic heterocycles. The van der Waals surface area contributed by atoms with Gasteiger partial charge in [0.15, 0.2) is 5.89 Å². The molecule has 4 heteroatoms. The van der Waals surface area contributed by atoms with Crippen LogP contribution in [0.15, 0.2) is 10.6 Å². The van der Waals surface area contributed by atoms with E-state index in [-0.39, 0.29) is 0 Å². The minimum absolute atomic E-state index is 0.431. The molecule has 0 spiro atoms. The first kappa shape index (κ1) is 11.2. The van der Waals surface area contributed by atoms with Gasteiger partial charge in [-0.2, -0.15) is 0 Å². The Balaban J connectivity index is 1.42. The van der Waals surface area contributed by atoms with E-state index in [9.17, 15) is 0 Å². The zero-order chi connectivity index (χ0) is 11.5. The van der Waals surface area contributed by atoms with Crippen LogP contribution in [-0.4, -0.2) is 30.8 Å². The normalized spacial score (nSPS) is 24.4. The van der Waals surface area contributed by atoms with Gasteiger partial charge in [0.1, 0.15) is 5.76 Å². The summed E-state index contributed by atoms with van der Waals surface area (Å²) in [6.45, 7) is 2.72. The van der Waals surface area contributed by atoms with Crippen molar-refractivity contribution in [3.8, 4) is 0 Å². The fourth-order valence-electron chi connectivity index (χ4n) is 2.22. The van der Waals surface area contributed by atoms with Crippen LogP contribution in [0.4, 0.5) is 0 Å². The van der Waals surface area contributed by atoms with Crippen LogP contribution < -0.4 is 5.32 Å². The van der Waals surface area contributed by atoms with E-state index in [0.29, 0.717) is 5.92 Å². The number of aromatic nitrogens is 1. The number of ether oxygens (including phenoxy) is 1. The third-order valence-electron chi connectivity index (χ3n) is 3.48. The Kier molecular flexibility index (Phi) is 3.43. The van der Waals surface area contributed by atoms with Gasteiger partial charge in [-0.15, -0.1) is 0 Å². The van der Waals surface area contributed by atoms with Crippen molar-refractivity contribution in [3.05, 3.63) is 17.8 Å². The Morgan fingerprint density at radius 1 is 1.35 bits per heavy atom. The fraction of sp³-hybridized carbons (Fsp3) is 0.769. The van der Waals surface area contributed by atoms with Crippen LogP contribution in [0.2, 0.25) is 0 Å². The van der Waals surface area contributed by atoms with Crippen LogP contribution in [0.3, 0.4) is 0 Å². The van der Waals surface area contributed by atoms with Crippen molar-refractivity contribution < 1.29 is 9.15 Å². The van der Waals surface area contributed by atoms with Gasteiger partial charge in [-0.3, -0.25) is 0 Å². The number of nitrogens with zero attached hydrogens (tertiary/aromatic N) is 1. The van der Waals surface area contributed by atoms with Gasteiger partial charge in [-0.1, -0.05) is 0 Å². The van der Waals surface area contributed by atoms with Gasteiger partial charge >= 0.3 is 0 Å². The summed E-state index contributed by atoms with van der Waals surface area (Å²) in [5.41, 5.74) is 0. The summed E-state index contributed by atoms with van der Waals surface area (Å²) in [5.74, 6) is 2.32. The van der Waals surface area contributed by atoms with Crippen LogP contribution in [0.5, 0.6) is 0 Å². The first-order chi connectivity index (χ1) is 8.42. The summed E-state index contributed by atoms with van der Waals surface area (Å²) >= 11 is 0. The zero-order valence-corrected chi connectivity index (χ0v) is 10.2. The summed E-state index contributed by atoms with van der Waals surface area (Å²) < 4.78 is 11.1. The summed E-state index contributed by atoms with van der Waals surface area (Å²) in [7, 11) is 0. The van der Waals surface area contributed by atoms with Gasteiger partial charge in [0.2, 0.25) is 0 Å². The molecular weight excluding hydrogens is 216 g/mol. The lowest BCUT2D eigenvalue weighted by Gasteiger charge is -2.02. The highest BCUT2D eigenvalue weighted by Gasteiger charge is 2.22. The molecule has 0 radical (unpaired) electrons. The Labute approximate surface area is 102 Å². The molecule has 2 fully saturated rings. The van der Waals surface area contributed by atoms with Crippen molar-refractivity contribution in [2.75, 3.05) is 19.8 Å². The summed E-state index contributed by atoms with van der Waals surface area (Å²) in [4.78, 5) is 4.34. The highest BCUT2D eigenvalue weighted by atomic mass is 16.5. The molecule has 0 aromatic carbocycles. The van der Waals surface area contributed by atoms with Crippen molar-refractivity contribution in [1.82, 2.24) is 10.3 Å². The first-order valence-electron chi connectivity index (χ1n) is 6.67. The van der Waals surface area contributed by atoms with Gasteiger partial charge in [-0.25, -0.2) is 4.98 Å². The minimum Gasteiger partial charge on any atom is -0.445 e. The maximum atomic E-state index is 5.77. The van der Waals surface area contributed by atoms with Gasteiger partial charge < -0.3 is 14.5 Å². The van der Waals surface area contributed by atoms with Crippen molar-refractivity contribution in [3.63, 3.8) is 0 Å². The first-order valence-corrected chi connectivity index (χ1v) is 6.67. The predicted octanol–water partition coefficient (Wildman–Crippen LogP) is 1.86. The SMILES string of the molecule is c1nc(CCCNC2CC2)oc1C1CCOC1. The van der Waals surface area contributed by atoms with Crippen LogP contribution in [-0.2, 0) is 11.2 Å². The minimum atomic E-state index is 0.431. The smallest absolute Gasteiger partial charge is 0.194 e. The molecule has 1 aromatic rings. The van der Waals surface area contributed by atoms with Crippen LogP contribution in [0, 0.1) is 0 Å². The second-order valence-electron chi connectivity index (χ2n) is 5.05. The van der Waals surface area contributed by atoms with Gasteiger partial charge in [0.05, 0.1) is 12.8 Å². The van der Waals surface area contributed by atoms with Gasteiger partial charge in [-0.05, 0) is 32.2 Å². The third kappa shape index (κ3) is 3.07. The number of nitrogens with one attached hydrogen (secondary N) is 1. The van der Waals surface area contributed by atoms with E-state index in [1.807, 2.05) is 6.20 Å². The number of aryl methyl sites for hydroxylation is 1. The molecule has 0 amide bonds. The summed E-state index contributed by atoms with van der Waals surface area (Å²) in [6.07, 6.45) is 7.70. The lowest BCUT2D eigenvalue weighted by Crippen LogP contribution is -2.17. The average Bonchev–Trinajstić information content (AvgIpc) is 2.84. The summed E-state index contributed by atoms with van der Waals surface area (Å²) in [5, 5.41) is 3.50. The molecule has 94 valence electrons. The molecule has 1 aliphatic heterocycles. The second-order valence-corrected chi connectivity index (χ2v) is 5.05. The van der Waals surface area contributed by atoms with E-state index in [1.165, 1.54) is 12.8 Å². The predicted molar refractivity (Wildman–Crippen MR) is 64.0 cm³/mol. The van der Waals surface area contributed by atoms with Crippen LogP contribution >= 0.6 is 0 Å². The van der Waals surface area contributed by atoms with Crippen LogP contribution in [0.25, 0.3) is 0 Å². The molecule has 1 saturated heterocycles. The van der Waals surface area contributed by atoms with E-state index in [0.717, 1.165) is 56.7 Å². The third-order valence-corrected chi connectivity index (χ3v) is 3.48. The van der Waals surface area contributed by atoms with Gasteiger partial charge in [0.25, 0.3) is 0 Å². The Morgan fingerprint density at radius 2 is 2.29 bits per heavy atom. The topological polar surface area (TPSA) is 47.3 Å².